The van der Waals surface area contributed by atoms with Crippen molar-refractivity contribution in [1.29, 1.82) is 0 Å². The maximum Gasteiger partial charge on any atom is 0.338 e. The van der Waals surface area contributed by atoms with E-state index >= 15 is 0 Å². The minimum absolute atomic E-state index is 0.212. The molecular weight excluding hydrogens is 350 g/mol. The Morgan fingerprint density at radius 2 is 1.92 bits per heavy atom. The van der Waals surface area contributed by atoms with Crippen molar-refractivity contribution >= 4 is 33.3 Å². The van der Waals surface area contributed by atoms with Crippen LogP contribution in [-0.2, 0) is 20.5 Å². The highest BCUT2D eigenvalue weighted by molar-refractivity contribution is 7.91. The molecule has 7 heteroatoms. The lowest BCUT2D eigenvalue weighted by atomic mass is 10.1. The second kappa shape index (κ2) is 7.68. The van der Waals surface area contributed by atoms with E-state index in [4.69, 9.17) is 16.3 Å². The van der Waals surface area contributed by atoms with Crippen molar-refractivity contribution in [3.8, 4) is 0 Å². The summed E-state index contributed by atoms with van der Waals surface area (Å²) in [4.78, 5) is 11.9. The van der Waals surface area contributed by atoms with Crippen LogP contribution < -0.4 is 4.72 Å². The lowest BCUT2D eigenvalue weighted by Gasteiger charge is -2.13. The number of carbonyl (C=O) groups is 1. The van der Waals surface area contributed by atoms with E-state index in [1.54, 1.807) is 56.3 Å². The van der Waals surface area contributed by atoms with Crippen LogP contribution in [0.5, 0.6) is 0 Å². The van der Waals surface area contributed by atoms with E-state index < -0.39 is 16.0 Å². The molecule has 0 heterocycles. The summed E-state index contributed by atoms with van der Waals surface area (Å²) >= 11 is 5.88. The first kappa shape index (κ1) is 18.3. The van der Waals surface area contributed by atoms with Crippen LogP contribution in [0.1, 0.15) is 28.4 Å². The zero-order chi connectivity index (χ0) is 17.7. The Morgan fingerprint density at radius 1 is 1.21 bits per heavy atom. The van der Waals surface area contributed by atoms with Crippen molar-refractivity contribution in [2.75, 3.05) is 11.3 Å². The molecule has 0 amide bonds. The fourth-order valence-electron chi connectivity index (χ4n) is 2.23. The number of hydrogen-bond acceptors (Lipinski definition) is 4. The van der Waals surface area contributed by atoms with E-state index in [9.17, 15) is 13.2 Å². The van der Waals surface area contributed by atoms with Crippen LogP contribution in [0.25, 0.3) is 0 Å². The molecule has 5 nitrogen and oxygen atoms in total. The summed E-state index contributed by atoms with van der Waals surface area (Å²) in [5.41, 5.74) is 1.78. The number of sulfonamides is 1. The highest BCUT2D eigenvalue weighted by Crippen LogP contribution is 2.22. The summed E-state index contributed by atoms with van der Waals surface area (Å²) in [6.07, 6.45) is 0. The van der Waals surface area contributed by atoms with Crippen molar-refractivity contribution < 1.29 is 17.9 Å². The molecule has 0 atom stereocenters. The highest BCUT2D eigenvalue weighted by atomic mass is 35.5. The zero-order valence-corrected chi connectivity index (χ0v) is 14.9. The predicted molar refractivity (Wildman–Crippen MR) is 94.8 cm³/mol. The Labute approximate surface area is 146 Å². The van der Waals surface area contributed by atoms with E-state index in [1.165, 1.54) is 0 Å². The van der Waals surface area contributed by atoms with E-state index in [1.807, 2.05) is 0 Å². The SMILES string of the molecule is CCOC(=O)c1cccc(NS(=O)(=O)Cc2cccc(Cl)c2)c1C. The Balaban J connectivity index is 2.23. The second-order valence-corrected chi connectivity index (χ2v) is 7.35. The number of anilines is 1. The van der Waals surface area contributed by atoms with Crippen molar-refractivity contribution in [2.24, 2.45) is 0 Å². The van der Waals surface area contributed by atoms with Gasteiger partial charge in [-0.1, -0.05) is 29.8 Å². The number of ether oxygens (including phenoxy) is 1. The molecule has 0 spiro atoms. The Bertz CT molecular complexity index is 849. The maximum atomic E-state index is 12.4. The van der Waals surface area contributed by atoms with Gasteiger partial charge >= 0.3 is 5.97 Å². The molecule has 0 unspecified atom stereocenters. The molecule has 0 radical (unpaired) electrons. The monoisotopic (exact) mass is 367 g/mol. The summed E-state index contributed by atoms with van der Waals surface area (Å²) in [6, 6.07) is 11.5. The van der Waals surface area contributed by atoms with Crippen LogP contribution in [0.2, 0.25) is 5.02 Å². The van der Waals surface area contributed by atoms with E-state index in [-0.39, 0.29) is 12.4 Å². The highest BCUT2D eigenvalue weighted by Gasteiger charge is 2.17. The third-order valence-electron chi connectivity index (χ3n) is 3.34. The number of esters is 1. The molecule has 0 saturated carbocycles. The van der Waals surface area contributed by atoms with Crippen molar-refractivity contribution in [1.82, 2.24) is 0 Å². The summed E-state index contributed by atoms with van der Waals surface area (Å²) in [5.74, 6) is -0.692. The molecule has 2 aromatic rings. The van der Waals surface area contributed by atoms with Crippen LogP contribution in [0.15, 0.2) is 42.5 Å². The smallest absolute Gasteiger partial charge is 0.338 e. The third kappa shape index (κ3) is 4.72. The second-order valence-electron chi connectivity index (χ2n) is 5.19. The van der Waals surface area contributed by atoms with Crippen molar-refractivity contribution in [3.63, 3.8) is 0 Å². The van der Waals surface area contributed by atoms with Crippen LogP contribution in [0, 0.1) is 6.92 Å². The van der Waals surface area contributed by atoms with Crippen molar-refractivity contribution in [2.45, 2.75) is 19.6 Å². The lowest BCUT2D eigenvalue weighted by molar-refractivity contribution is 0.0525. The molecule has 0 saturated heterocycles. The van der Waals surface area contributed by atoms with Gasteiger partial charge in [0.15, 0.2) is 0 Å². The zero-order valence-electron chi connectivity index (χ0n) is 13.4. The standard InChI is InChI=1S/C17H18ClNO4S/c1-3-23-17(20)15-8-5-9-16(12(15)2)19-24(21,22)11-13-6-4-7-14(18)10-13/h4-10,19H,3,11H2,1-2H3. The summed E-state index contributed by atoms with van der Waals surface area (Å²) < 4.78 is 32.2. The number of halogens is 1. The molecule has 2 rings (SSSR count). The molecule has 0 fully saturated rings. The minimum Gasteiger partial charge on any atom is -0.462 e. The van der Waals surface area contributed by atoms with Crippen molar-refractivity contribution in [3.05, 3.63) is 64.2 Å². The van der Waals surface area contributed by atoms with Crippen LogP contribution in [0.4, 0.5) is 5.69 Å². The average molecular weight is 368 g/mol. The number of rotatable bonds is 6. The minimum atomic E-state index is -3.64. The van der Waals surface area contributed by atoms with Gasteiger partial charge in [0.25, 0.3) is 0 Å². The largest absolute Gasteiger partial charge is 0.462 e. The quantitative estimate of drug-likeness (QED) is 0.789. The fourth-order valence-corrected chi connectivity index (χ4v) is 3.69. The first-order valence-electron chi connectivity index (χ1n) is 7.34. The summed E-state index contributed by atoms with van der Waals surface area (Å²) in [6.45, 7) is 3.64. The molecule has 0 bridgehead atoms. The normalized spacial score (nSPS) is 11.1. The van der Waals surface area contributed by atoms with Gasteiger partial charge in [-0.15, -0.1) is 0 Å². The first-order valence-corrected chi connectivity index (χ1v) is 9.37. The molecule has 0 aromatic heterocycles. The molecular formula is C17H18ClNO4S. The first-order chi connectivity index (χ1) is 11.3. The van der Waals surface area contributed by atoms with Gasteiger partial charge in [-0.25, -0.2) is 13.2 Å². The molecule has 0 aliphatic rings. The van der Waals surface area contributed by atoms with Crippen LogP contribution in [-0.4, -0.2) is 21.0 Å². The fraction of sp³-hybridized carbons (Fsp3) is 0.235. The lowest BCUT2D eigenvalue weighted by Crippen LogP contribution is -2.17. The van der Waals surface area contributed by atoms with Gasteiger partial charge in [0.1, 0.15) is 0 Å². The van der Waals surface area contributed by atoms with Gasteiger partial charge in [-0.3, -0.25) is 4.72 Å². The van der Waals surface area contributed by atoms with Gasteiger partial charge in [-0.2, -0.15) is 0 Å². The average Bonchev–Trinajstić information content (AvgIpc) is 2.49. The molecule has 2 aromatic carbocycles. The van der Waals surface area contributed by atoms with Gasteiger partial charge in [0.05, 0.1) is 23.6 Å². The van der Waals surface area contributed by atoms with Crippen LogP contribution >= 0.6 is 11.6 Å². The maximum absolute atomic E-state index is 12.4. The van der Waals surface area contributed by atoms with E-state index in [2.05, 4.69) is 4.72 Å². The predicted octanol–water partition coefficient (Wildman–Crippen LogP) is 3.77. The molecule has 0 aliphatic heterocycles. The molecule has 0 aliphatic carbocycles. The van der Waals surface area contributed by atoms with E-state index in [0.29, 0.717) is 27.4 Å². The van der Waals surface area contributed by atoms with Gasteiger partial charge in [0.2, 0.25) is 10.0 Å². The van der Waals surface area contributed by atoms with Gasteiger partial charge < -0.3 is 4.74 Å². The Hall–Kier alpha value is -2.05. The van der Waals surface area contributed by atoms with Gasteiger partial charge in [0, 0.05) is 5.02 Å². The molecule has 1 N–H and O–H groups in total. The third-order valence-corrected chi connectivity index (χ3v) is 4.82. The van der Waals surface area contributed by atoms with Crippen LogP contribution in [0.3, 0.4) is 0 Å². The Kier molecular flexibility index (Phi) is 5.85. The molecule has 24 heavy (non-hydrogen) atoms. The van der Waals surface area contributed by atoms with E-state index in [0.717, 1.165) is 0 Å². The number of benzene rings is 2. The number of carbonyl (C=O) groups excluding carboxylic acids is 1. The number of nitrogens with one attached hydrogen (secondary N) is 1. The molecule has 128 valence electrons. The summed E-state index contributed by atoms with van der Waals surface area (Å²) in [7, 11) is -3.64. The van der Waals surface area contributed by atoms with Gasteiger partial charge in [-0.05, 0) is 49.2 Å². The number of hydrogen-bond donors (Lipinski definition) is 1. The summed E-state index contributed by atoms with van der Waals surface area (Å²) in [5, 5.41) is 0.475. The topological polar surface area (TPSA) is 72.5 Å². The Morgan fingerprint density at radius 3 is 2.58 bits per heavy atom.